The maximum Gasteiger partial charge on any atom is 0.408 e. The van der Waals surface area contributed by atoms with Crippen molar-refractivity contribution in [2.75, 3.05) is 16.8 Å². The third kappa shape index (κ3) is 3.33. The Balaban J connectivity index is 1.91. The zero-order valence-electron chi connectivity index (χ0n) is 8.50. The van der Waals surface area contributed by atoms with Crippen LogP contribution in [0.25, 0.3) is 0 Å². The number of hydrogen-bond donors (Lipinski definition) is 1. The molecule has 0 aromatic carbocycles. The van der Waals surface area contributed by atoms with Gasteiger partial charge < -0.3 is 5.32 Å². The fourth-order valence-electron chi connectivity index (χ4n) is 1.57. The van der Waals surface area contributed by atoms with Gasteiger partial charge in [-0.1, -0.05) is 0 Å². The summed E-state index contributed by atoms with van der Waals surface area (Å²) in [6, 6.07) is 1.91. The summed E-state index contributed by atoms with van der Waals surface area (Å²) in [5.74, 6) is 2.62. The number of aromatic nitrogens is 2. The predicted octanol–water partition coefficient (Wildman–Crippen LogP) is 2.36. The van der Waals surface area contributed by atoms with E-state index < -0.39 is 12.7 Å². The van der Waals surface area contributed by atoms with E-state index in [0.717, 1.165) is 22.6 Å². The van der Waals surface area contributed by atoms with Crippen molar-refractivity contribution in [3.05, 3.63) is 12.3 Å². The van der Waals surface area contributed by atoms with Crippen molar-refractivity contribution >= 4 is 17.6 Å². The van der Waals surface area contributed by atoms with Gasteiger partial charge in [-0.2, -0.15) is 30.0 Å². The summed E-state index contributed by atoms with van der Waals surface area (Å²) in [7, 11) is 0. The standard InChI is InChI=1S/C9H12F3N3S/c10-9(11,12)6-15-3-1-8(14-15)13-7-2-4-16-5-7/h1,3,7H,2,4-6H2,(H,13,14). The Kier molecular flexibility index (Phi) is 3.32. The maximum absolute atomic E-state index is 12.1. The van der Waals surface area contributed by atoms with Crippen molar-refractivity contribution in [3.63, 3.8) is 0 Å². The van der Waals surface area contributed by atoms with Crippen molar-refractivity contribution in [2.24, 2.45) is 0 Å². The van der Waals surface area contributed by atoms with E-state index in [4.69, 9.17) is 0 Å². The monoisotopic (exact) mass is 251 g/mol. The molecule has 7 heteroatoms. The van der Waals surface area contributed by atoms with Gasteiger partial charge in [-0.3, -0.25) is 4.68 Å². The topological polar surface area (TPSA) is 29.9 Å². The van der Waals surface area contributed by atoms with Crippen LogP contribution in [0.2, 0.25) is 0 Å². The van der Waals surface area contributed by atoms with Crippen LogP contribution in [0.4, 0.5) is 19.0 Å². The lowest BCUT2D eigenvalue weighted by atomic mass is 10.3. The molecule has 0 amide bonds. The number of anilines is 1. The van der Waals surface area contributed by atoms with Crippen LogP contribution in [0.5, 0.6) is 0 Å². The van der Waals surface area contributed by atoms with Gasteiger partial charge >= 0.3 is 6.18 Å². The molecule has 1 aliphatic heterocycles. The Morgan fingerprint density at radius 2 is 2.38 bits per heavy atom. The van der Waals surface area contributed by atoms with Gasteiger partial charge in [0.1, 0.15) is 12.4 Å². The molecule has 1 fully saturated rings. The van der Waals surface area contributed by atoms with Gasteiger partial charge in [0.25, 0.3) is 0 Å². The van der Waals surface area contributed by atoms with E-state index in [1.807, 2.05) is 11.8 Å². The van der Waals surface area contributed by atoms with Gasteiger partial charge in [0.05, 0.1) is 0 Å². The lowest BCUT2D eigenvalue weighted by Crippen LogP contribution is -2.20. The lowest BCUT2D eigenvalue weighted by Gasteiger charge is -2.09. The van der Waals surface area contributed by atoms with Crippen molar-refractivity contribution in [1.29, 1.82) is 0 Å². The summed E-state index contributed by atoms with van der Waals surface area (Å²) in [5.41, 5.74) is 0. The molecule has 2 rings (SSSR count). The SMILES string of the molecule is FC(F)(F)Cn1ccc(NC2CCSC2)n1. The third-order valence-corrected chi connectivity index (χ3v) is 3.43. The quantitative estimate of drug-likeness (QED) is 0.894. The smallest absolute Gasteiger partial charge is 0.365 e. The molecular weight excluding hydrogens is 239 g/mol. The highest BCUT2D eigenvalue weighted by Gasteiger charge is 2.28. The van der Waals surface area contributed by atoms with Gasteiger partial charge in [0.15, 0.2) is 0 Å². The van der Waals surface area contributed by atoms with Gasteiger partial charge in [-0.25, -0.2) is 0 Å². The van der Waals surface area contributed by atoms with E-state index in [0.29, 0.717) is 11.9 Å². The van der Waals surface area contributed by atoms with E-state index in [1.54, 1.807) is 6.07 Å². The Labute approximate surface area is 95.4 Å². The van der Waals surface area contributed by atoms with Crippen LogP contribution in [0.3, 0.4) is 0 Å². The first-order valence-electron chi connectivity index (χ1n) is 4.97. The zero-order chi connectivity index (χ0) is 11.6. The fraction of sp³-hybridized carbons (Fsp3) is 0.667. The number of halogens is 3. The van der Waals surface area contributed by atoms with Gasteiger partial charge in [0, 0.05) is 24.1 Å². The average molecular weight is 251 g/mol. The van der Waals surface area contributed by atoms with Crippen LogP contribution in [0, 0.1) is 0 Å². The zero-order valence-corrected chi connectivity index (χ0v) is 9.31. The molecule has 0 bridgehead atoms. The fourth-order valence-corrected chi connectivity index (χ4v) is 2.72. The maximum atomic E-state index is 12.1. The summed E-state index contributed by atoms with van der Waals surface area (Å²) in [5, 5.41) is 6.96. The number of alkyl halides is 3. The number of hydrogen-bond acceptors (Lipinski definition) is 3. The number of nitrogens with one attached hydrogen (secondary N) is 1. The molecule has 0 saturated carbocycles. The first-order valence-corrected chi connectivity index (χ1v) is 6.13. The van der Waals surface area contributed by atoms with E-state index in [1.165, 1.54) is 6.20 Å². The molecular formula is C9H12F3N3S. The molecule has 1 atom stereocenters. The molecule has 1 aromatic rings. The number of thioether (sulfide) groups is 1. The highest BCUT2D eigenvalue weighted by Crippen LogP contribution is 2.21. The van der Waals surface area contributed by atoms with E-state index in [-0.39, 0.29) is 0 Å². The first-order chi connectivity index (χ1) is 7.53. The molecule has 90 valence electrons. The van der Waals surface area contributed by atoms with E-state index in [2.05, 4.69) is 10.4 Å². The average Bonchev–Trinajstić information content (AvgIpc) is 2.75. The molecule has 1 unspecified atom stereocenters. The molecule has 1 saturated heterocycles. The molecule has 2 heterocycles. The minimum absolute atomic E-state index is 0.333. The second-order valence-corrected chi connectivity index (χ2v) is 4.87. The molecule has 0 aliphatic carbocycles. The van der Waals surface area contributed by atoms with Crippen molar-refractivity contribution in [1.82, 2.24) is 9.78 Å². The third-order valence-electron chi connectivity index (χ3n) is 2.26. The molecule has 1 aliphatic rings. The van der Waals surface area contributed by atoms with Crippen molar-refractivity contribution < 1.29 is 13.2 Å². The van der Waals surface area contributed by atoms with Gasteiger partial charge in [-0.05, 0) is 12.2 Å². The second-order valence-electron chi connectivity index (χ2n) is 3.72. The van der Waals surface area contributed by atoms with Gasteiger partial charge in [-0.15, -0.1) is 0 Å². The molecule has 0 spiro atoms. The van der Waals surface area contributed by atoms with E-state index >= 15 is 0 Å². The highest BCUT2D eigenvalue weighted by molar-refractivity contribution is 7.99. The van der Waals surface area contributed by atoms with Crippen LogP contribution in [-0.4, -0.2) is 33.5 Å². The van der Waals surface area contributed by atoms with Crippen LogP contribution in [0.15, 0.2) is 12.3 Å². The summed E-state index contributed by atoms with van der Waals surface area (Å²) in [4.78, 5) is 0. The van der Waals surface area contributed by atoms with Crippen LogP contribution >= 0.6 is 11.8 Å². The molecule has 1 aromatic heterocycles. The van der Waals surface area contributed by atoms with Gasteiger partial charge in [0.2, 0.25) is 0 Å². The van der Waals surface area contributed by atoms with Crippen LogP contribution in [-0.2, 0) is 6.54 Å². The van der Waals surface area contributed by atoms with Crippen LogP contribution in [0.1, 0.15) is 6.42 Å². The predicted molar refractivity (Wildman–Crippen MR) is 57.6 cm³/mol. The Morgan fingerprint density at radius 3 is 3.00 bits per heavy atom. The normalized spacial score (nSPS) is 21.3. The van der Waals surface area contributed by atoms with E-state index in [9.17, 15) is 13.2 Å². The highest BCUT2D eigenvalue weighted by atomic mass is 32.2. The minimum Gasteiger partial charge on any atom is -0.365 e. The first kappa shape index (κ1) is 11.6. The minimum atomic E-state index is -4.22. The lowest BCUT2D eigenvalue weighted by molar-refractivity contribution is -0.142. The Hall–Kier alpha value is -0.850. The van der Waals surface area contributed by atoms with Crippen LogP contribution < -0.4 is 5.32 Å². The summed E-state index contributed by atoms with van der Waals surface area (Å²) >= 11 is 1.84. The molecule has 1 N–H and O–H groups in total. The number of rotatable bonds is 3. The van der Waals surface area contributed by atoms with Crippen molar-refractivity contribution in [2.45, 2.75) is 25.2 Å². The Morgan fingerprint density at radius 1 is 1.56 bits per heavy atom. The number of nitrogens with zero attached hydrogens (tertiary/aromatic N) is 2. The molecule has 16 heavy (non-hydrogen) atoms. The summed E-state index contributed by atoms with van der Waals surface area (Å²) in [6.07, 6.45) is -1.83. The molecule has 3 nitrogen and oxygen atoms in total. The van der Waals surface area contributed by atoms with Crippen molar-refractivity contribution in [3.8, 4) is 0 Å². The Bertz CT molecular complexity index is 344. The molecule has 0 radical (unpaired) electrons. The largest absolute Gasteiger partial charge is 0.408 e. The summed E-state index contributed by atoms with van der Waals surface area (Å²) < 4.78 is 37.1. The summed E-state index contributed by atoms with van der Waals surface area (Å²) in [6.45, 7) is -1.03. The second kappa shape index (κ2) is 4.57.